The molecule has 2 N–H and O–H groups in total. The first-order valence-electron chi connectivity index (χ1n) is 14.3. The average Bonchev–Trinajstić information content (AvgIpc) is 3.20. The van der Waals surface area contributed by atoms with Gasteiger partial charge in [0.15, 0.2) is 0 Å². The maximum atomic E-state index is 13.0. The van der Waals surface area contributed by atoms with Crippen molar-refractivity contribution in [1.82, 2.24) is 0 Å². The molecule has 4 heteroatoms. The predicted octanol–water partition coefficient (Wildman–Crippen LogP) is 7.48. The summed E-state index contributed by atoms with van der Waals surface area (Å²) < 4.78 is 19.3. The van der Waals surface area contributed by atoms with Crippen molar-refractivity contribution in [2.45, 2.75) is 123 Å². The van der Waals surface area contributed by atoms with E-state index in [0.29, 0.717) is 31.1 Å². The van der Waals surface area contributed by atoms with E-state index in [1.54, 1.807) is 0 Å². The fraction of sp³-hybridized carbons (Fsp3) is 0.806. The summed E-state index contributed by atoms with van der Waals surface area (Å²) in [7, 11) is 0. The van der Waals surface area contributed by atoms with E-state index in [1.165, 1.54) is 31.3 Å². The number of allylic oxidation sites excluding steroid dienone is 4. The normalized spacial score (nSPS) is 35.0. The second-order valence-corrected chi connectivity index (χ2v) is 11.9. The maximum Gasteiger partial charge on any atom is 0.0900 e. The van der Waals surface area contributed by atoms with Gasteiger partial charge >= 0.3 is 0 Å². The van der Waals surface area contributed by atoms with E-state index >= 15 is 0 Å². The minimum absolute atomic E-state index is 0.0597. The van der Waals surface area contributed by atoms with Crippen LogP contribution in [0.2, 0.25) is 0 Å². The van der Waals surface area contributed by atoms with Crippen LogP contribution in [0.5, 0.6) is 0 Å². The minimum Gasteiger partial charge on any atom is -0.393 e. The van der Waals surface area contributed by atoms with Gasteiger partial charge in [0.25, 0.3) is 0 Å². The van der Waals surface area contributed by atoms with Crippen LogP contribution in [0.25, 0.3) is 0 Å². The average molecular weight is 491 g/mol. The number of halogens is 1. The quantitative estimate of drug-likeness (QED) is 0.295. The smallest absolute Gasteiger partial charge is 0.0900 e. The number of rotatable bonds is 11. The van der Waals surface area contributed by atoms with Crippen LogP contribution in [0.3, 0.4) is 0 Å². The van der Waals surface area contributed by atoms with E-state index in [-0.39, 0.29) is 24.1 Å². The lowest BCUT2D eigenvalue weighted by Gasteiger charge is -2.44. The molecule has 0 unspecified atom stereocenters. The van der Waals surface area contributed by atoms with Crippen LogP contribution in [0.15, 0.2) is 35.5 Å². The summed E-state index contributed by atoms with van der Waals surface area (Å²) >= 11 is 0. The van der Waals surface area contributed by atoms with Crippen molar-refractivity contribution in [3.63, 3.8) is 0 Å². The van der Waals surface area contributed by atoms with Gasteiger partial charge in [0, 0.05) is 6.61 Å². The summed E-state index contributed by atoms with van der Waals surface area (Å²) in [5, 5.41) is 20.9. The second-order valence-electron chi connectivity index (χ2n) is 11.9. The first kappa shape index (κ1) is 28.6. The summed E-state index contributed by atoms with van der Waals surface area (Å²) in [4.78, 5) is 0. The molecule has 3 saturated carbocycles. The summed E-state index contributed by atoms with van der Waals surface area (Å²) in [5.41, 5.74) is 3.38. The molecule has 200 valence electrons. The number of aliphatic hydroxyl groups excluding tert-OH is 1. The van der Waals surface area contributed by atoms with E-state index in [2.05, 4.69) is 46.4 Å². The first-order valence-corrected chi connectivity index (χ1v) is 14.3. The van der Waals surface area contributed by atoms with Gasteiger partial charge in [-0.05, 0) is 118 Å². The van der Waals surface area contributed by atoms with E-state index in [0.717, 1.165) is 49.9 Å². The Morgan fingerprint density at radius 3 is 2.69 bits per heavy atom. The van der Waals surface area contributed by atoms with Crippen LogP contribution >= 0.6 is 0 Å². The number of alkyl halides is 1. The lowest BCUT2D eigenvalue weighted by atomic mass is 9.62. The molecule has 3 fully saturated rings. The largest absolute Gasteiger partial charge is 0.393 e. The number of hydrogen-bond acceptors (Lipinski definition) is 3. The third kappa shape index (κ3) is 6.67. The van der Waals surface area contributed by atoms with Gasteiger partial charge in [0.1, 0.15) is 0 Å². The molecule has 0 aromatic rings. The van der Waals surface area contributed by atoms with Crippen molar-refractivity contribution in [2.75, 3.05) is 13.3 Å². The van der Waals surface area contributed by atoms with Crippen molar-refractivity contribution in [3.8, 4) is 0 Å². The molecule has 0 spiro atoms. The Balaban J connectivity index is 1.63. The summed E-state index contributed by atoms with van der Waals surface area (Å²) in [6.07, 6.45) is 15.4. The Morgan fingerprint density at radius 1 is 1.26 bits per heavy atom. The lowest BCUT2D eigenvalue weighted by Crippen LogP contribution is -2.39. The first-order chi connectivity index (χ1) is 16.7. The molecule has 0 aliphatic heterocycles. The number of hydrogen-bond donors (Lipinski definition) is 2. The van der Waals surface area contributed by atoms with E-state index in [1.807, 2.05) is 0 Å². The molecule has 0 saturated heterocycles. The molecule has 3 aliphatic carbocycles. The van der Waals surface area contributed by atoms with Crippen molar-refractivity contribution in [3.05, 3.63) is 35.5 Å². The van der Waals surface area contributed by atoms with Crippen molar-refractivity contribution >= 4 is 0 Å². The predicted molar refractivity (Wildman–Crippen MR) is 143 cm³/mol. The van der Waals surface area contributed by atoms with Gasteiger partial charge in [-0.3, -0.25) is 4.39 Å². The molecule has 0 aromatic carbocycles. The van der Waals surface area contributed by atoms with Crippen molar-refractivity contribution in [2.24, 2.45) is 23.2 Å². The molecule has 0 aromatic heterocycles. The minimum atomic E-state index is -0.541. The van der Waals surface area contributed by atoms with Crippen LogP contribution < -0.4 is 0 Å². The Labute approximate surface area is 213 Å². The molecule has 0 bridgehead atoms. The van der Waals surface area contributed by atoms with Gasteiger partial charge in [0.2, 0.25) is 0 Å². The van der Waals surface area contributed by atoms with Gasteiger partial charge < -0.3 is 14.9 Å². The fourth-order valence-corrected chi connectivity index (χ4v) is 7.45. The highest BCUT2D eigenvalue weighted by Gasteiger charge is 2.51. The zero-order valence-corrected chi connectivity index (χ0v) is 22.8. The Kier molecular flexibility index (Phi) is 10.2. The fourth-order valence-electron chi connectivity index (χ4n) is 7.45. The highest BCUT2D eigenvalue weighted by atomic mass is 19.1. The SMILES string of the molecule is C=C1/C(=C\C=C2/CCC[C@]3(C)[C@@H]([C@@H](C)OCCCC(O)(CC)CC)CC[C@@H]23)C[C@H](O)C[C@H]1CCF. The van der Waals surface area contributed by atoms with Gasteiger partial charge in [-0.25, -0.2) is 0 Å². The summed E-state index contributed by atoms with van der Waals surface area (Å²) in [6.45, 7) is 13.5. The van der Waals surface area contributed by atoms with Crippen LogP contribution in [0.4, 0.5) is 4.39 Å². The van der Waals surface area contributed by atoms with Crippen LogP contribution in [-0.2, 0) is 4.74 Å². The molecule has 35 heavy (non-hydrogen) atoms. The highest BCUT2D eigenvalue weighted by molar-refractivity contribution is 5.38. The van der Waals surface area contributed by atoms with Gasteiger partial charge in [-0.1, -0.05) is 45.1 Å². The van der Waals surface area contributed by atoms with Gasteiger partial charge in [0.05, 0.1) is 24.5 Å². The highest BCUT2D eigenvalue weighted by Crippen LogP contribution is 2.58. The molecule has 0 radical (unpaired) electrons. The van der Waals surface area contributed by atoms with E-state index in [4.69, 9.17) is 4.74 Å². The molecule has 3 aliphatic rings. The molecule has 6 atom stereocenters. The number of fused-ring (bicyclic) bond motifs is 1. The second kappa shape index (κ2) is 12.5. The maximum absolute atomic E-state index is 13.0. The lowest BCUT2D eigenvalue weighted by molar-refractivity contribution is -0.0365. The van der Waals surface area contributed by atoms with Crippen molar-refractivity contribution in [1.29, 1.82) is 0 Å². The van der Waals surface area contributed by atoms with Gasteiger partial charge in [-0.15, -0.1) is 0 Å². The Hall–Kier alpha value is -0.970. The summed E-state index contributed by atoms with van der Waals surface area (Å²) in [6, 6.07) is 0. The number of ether oxygens (including phenoxy) is 1. The topological polar surface area (TPSA) is 49.7 Å². The molecular formula is C31H51FO3. The monoisotopic (exact) mass is 490 g/mol. The molecule has 3 rings (SSSR count). The van der Waals surface area contributed by atoms with Crippen LogP contribution in [0, 0.1) is 23.2 Å². The third-order valence-corrected chi connectivity index (χ3v) is 9.96. The molecule has 3 nitrogen and oxygen atoms in total. The molecule has 0 amide bonds. The van der Waals surface area contributed by atoms with Crippen LogP contribution in [0.1, 0.15) is 105 Å². The third-order valence-electron chi connectivity index (χ3n) is 9.96. The standard InChI is InChI=1S/C31H51FO3/c1-6-31(34,7-2)17-9-19-35-23(4)28-13-14-29-24(10-8-16-30(28,29)5)11-12-25-20-27(33)21-26(15-18-32)22(25)3/h11-12,23,26-29,33-34H,3,6-10,13-21H2,1-2,4-5H3/b24-11+,25-12-/t23-,26-,27+,28-,29+,30-/m1/s1. The van der Waals surface area contributed by atoms with E-state index < -0.39 is 11.7 Å². The van der Waals surface area contributed by atoms with Crippen molar-refractivity contribution < 1.29 is 19.3 Å². The zero-order valence-electron chi connectivity index (χ0n) is 22.8. The van der Waals surface area contributed by atoms with Gasteiger partial charge in [-0.2, -0.15) is 0 Å². The van der Waals surface area contributed by atoms with E-state index in [9.17, 15) is 14.6 Å². The summed E-state index contributed by atoms with van der Waals surface area (Å²) in [5.74, 6) is 1.20. The Morgan fingerprint density at radius 2 is 2.00 bits per heavy atom. The molecular weight excluding hydrogens is 439 g/mol. The van der Waals surface area contributed by atoms with Crippen LogP contribution in [-0.4, -0.2) is 41.3 Å². The molecule has 0 heterocycles. The number of aliphatic hydroxyl groups is 2. The zero-order chi connectivity index (χ0) is 25.6. The Bertz CT molecular complexity index is 767.